The number of nitrogens with one attached hydrogen (secondary N) is 1. The molecule has 0 radical (unpaired) electrons. The maximum Gasteiger partial charge on any atom is 0.266 e. The van der Waals surface area contributed by atoms with Crippen molar-refractivity contribution in [1.82, 2.24) is 0 Å². The molecule has 0 spiro atoms. The van der Waals surface area contributed by atoms with Crippen molar-refractivity contribution in [2.75, 3.05) is 18.5 Å². The monoisotopic (exact) mass is 430 g/mol. The van der Waals surface area contributed by atoms with Gasteiger partial charge in [-0.15, -0.1) is 0 Å². The number of hydrogen-bond donors (Lipinski definition) is 1. The highest BCUT2D eigenvalue weighted by Crippen LogP contribution is 2.37. The Morgan fingerprint density at radius 1 is 1.24 bits per heavy atom. The van der Waals surface area contributed by atoms with Gasteiger partial charge < -0.3 is 14.8 Å². The lowest BCUT2D eigenvalue weighted by Crippen LogP contribution is -2.13. The van der Waals surface area contributed by atoms with Crippen LogP contribution in [0.2, 0.25) is 10.0 Å². The summed E-state index contributed by atoms with van der Waals surface area (Å²) < 4.78 is 11.1. The van der Waals surface area contributed by atoms with Crippen LogP contribution in [0.5, 0.6) is 11.5 Å². The van der Waals surface area contributed by atoms with Gasteiger partial charge in [0, 0.05) is 10.7 Å². The van der Waals surface area contributed by atoms with Crippen LogP contribution in [0.3, 0.4) is 0 Å². The number of anilines is 1. The molecule has 0 aliphatic carbocycles. The Morgan fingerprint density at radius 2 is 2.00 bits per heavy atom. The van der Waals surface area contributed by atoms with Crippen LogP contribution < -0.4 is 14.8 Å². The van der Waals surface area contributed by atoms with E-state index in [1.54, 1.807) is 36.4 Å². The summed E-state index contributed by atoms with van der Waals surface area (Å²) in [7, 11) is 0. The molecule has 0 bridgehead atoms. The van der Waals surface area contributed by atoms with Crippen molar-refractivity contribution >= 4 is 40.9 Å². The molecule has 0 saturated heterocycles. The van der Waals surface area contributed by atoms with Crippen LogP contribution in [0.4, 0.5) is 5.69 Å². The van der Waals surface area contributed by atoms with Gasteiger partial charge in [0.25, 0.3) is 5.91 Å². The fourth-order valence-electron chi connectivity index (χ4n) is 2.40. The van der Waals surface area contributed by atoms with Crippen molar-refractivity contribution in [1.29, 1.82) is 5.26 Å². The number of aryl methyl sites for hydroxylation is 1. The van der Waals surface area contributed by atoms with E-state index in [1.807, 2.05) is 19.9 Å². The van der Waals surface area contributed by atoms with Gasteiger partial charge in [-0.3, -0.25) is 4.79 Å². The van der Waals surface area contributed by atoms with E-state index >= 15 is 0 Å². The molecule has 1 amide bonds. The molecule has 0 aliphatic heterocycles. The molecule has 0 aromatic heterocycles. The number of rotatable bonds is 8. The summed E-state index contributed by atoms with van der Waals surface area (Å²) in [6, 6.07) is 10.3. The van der Waals surface area contributed by atoms with Crippen LogP contribution in [-0.2, 0) is 4.79 Å². The molecule has 7 heteroatoms. The first-order valence-electron chi connectivity index (χ1n) is 8.78. The number of carbonyl (C=O) groups is 1. The van der Waals surface area contributed by atoms with Crippen LogP contribution >= 0.6 is 23.2 Å². The maximum atomic E-state index is 12.5. The summed E-state index contributed by atoms with van der Waals surface area (Å²) in [4.78, 5) is 12.5. The van der Waals surface area contributed by atoms with E-state index in [4.69, 9.17) is 32.7 Å². The first-order chi connectivity index (χ1) is 13.9. The van der Waals surface area contributed by atoms with Crippen molar-refractivity contribution < 1.29 is 14.3 Å². The highest BCUT2D eigenvalue weighted by atomic mass is 35.5. The number of benzene rings is 2. The van der Waals surface area contributed by atoms with Crippen molar-refractivity contribution in [2.45, 2.75) is 13.8 Å². The molecule has 2 aromatic rings. The number of amides is 1. The molecule has 0 fully saturated rings. The van der Waals surface area contributed by atoms with Crippen LogP contribution in [0, 0.1) is 18.3 Å². The number of halogens is 2. The van der Waals surface area contributed by atoms with Gasteiger partial charge in [-0.25, -0.2) is 0 Å². The van der Waals surface area contributed by atoms with Crippen LogP contribution in [-0.4, -0.2) is 19.1 Å². The Morgan fingerprint density at radius 3 is 2.62 bits per heavy atom. The average molecular weight is 431 g/mol. The topological polar surface area (TPSA) is 71.3 Å². The lowest BCUT2D eigenvalue weighted by atomic mass is 10.1. The Balaban J connectivity index is 2.33. The average Bonchev–Trinajstić information content (AvgIpc) is 2.68. The van der Waals surface area contributed by atoms with E-state index < -0.39 is 5.91 Å². The summed E-state index contributed by atoms with van der Waals surface area (Å²) in [5.41, 5.74) is 1.81. The number of nitriles is 1. The number of ether oxygens (including phenoxy) is 2. The summed E-state index contributed by atoms with van der Waals surface area (Å²) in [5.74, 6) is 0.229. The minimum absolute atomic E-state index is 0.0972. The van der Waals surface area contributed by atoms with E-state index in [0.29, 0.717) is 39.4 Å². The summed E-state index contributed by atoms with van der Waals surface area (Å²) >= 11 is 12.4. The van der Waals surface area contributed by atoms with E-state index in [0.717, 1.165) is 5.56 Å². The molecule has 0 saturated carbocycles. The minimum Gasteiger partial charge on any atom is -0.490 e. The maximum absolute atomic E-state index is 12.5. The van der Waals surface area contributed by atoms with Gasteiger partial charge in [-0.2, -0.15) is 5.26 Å². The van der Waals surface area contributed by atoms with E-state index in [2.05, 4.69) is 11.9 Å². The van der Waals surface area contributed by atoms with E-state index in [-0.39, 0.29) is 12.2 Å². The molecule has 2 aromatic carbocycles. The van der Waals surface area contributed by atoms with Gasteiger partial charge in [0.05, 0.1) is 11.6 Å². The SMILES string of the molecule is C=CCOc1c(Cl)cc(/C=C(/C#N)C(=O)Nc2ccc(C)c(Cl)c2)cc1OCC. The first-order valence-corrected chi connectivity index (χ1v) is 9.54. The van der Waals surface area contributed by atoms with Crippen LogP contribution in [0.15, 0.2) is 48.6 Å². The minimum atomic E-state index is -0.562. The molecule has 0 unspecified atom stereocenters. The zero-order chi connectivity index (χ0) is 21.4. The number of nitrogens with zero attached hydrogens (tertiary/aromatic N) is 1. The van der Waals surface area contributed by atoms with E-state index in [1.165, 1.54) is 6.08 Å². The zero-order valence-corrected chi connectivity index (χ0v) is 17.6. The second kappa shape index (κ2) is 10.6. The van der Waals surface area contributed by atoms with Crippen LogP contribution in [0.25, 0.3) is 6.08 Å². The Kier molecular flexibility index (Phi) is 8.14. The molecule has 2 rings (SSSR count). The Hall–Kier alpha value is -2.94. The molecule has 0 atom stereocenters. The highest BCUT2D eigenvalue weighted by Gasteiger charge is 2.15. The predicted octanol–water partition coefficient (Wildman–Crippen LogP) is 5.81. The second-order valence-corrected chi connectivity index (χ2v) is 6.76. The smallest absolute Gasteiger partial charge is 0.266 e. The second-order valence-electron chi connectivity index (χ2n) is 5.95. The highest BCUT2D eigenvalue weighted by molar-refractivity contribution is 6.32. The summed E-state index contributed by atoms with van der Waals surface area (Å²) in [6.07, 6.45) is 3.02. The van der Waals surface area contributed by atoms with Crippen molar-refractivity contribution in [2.24, 2.45) is 0 Å². The Labute approximate surface area is 180 Å². The molecule has 29 heavy (non-hydrogen) atoms. The largest absolute Gasteiger partial charge is 0.490 e. The fraction of sp³-hybridized carbons (Fsp3) is 0.182. The van der Waals surface area contributed by atoms with Gasteiger partial charge in [-0.1, -0.05) is 41.9 Å². The molecule has 5 nitrogen and oxygen atoms in total. The lowest BCUT2D eigenvalue weighted by molar-refractivity contribution is -0.112. The van der Waals surface area contributed by atoms with Gasteiger partial charge in [0.15, 0.2) is 11.5 Å². The van der Waals surface area contributed by atoms with Gasteiger partial charge in [0.1, 0.15) is 18.2 Å². The van der Waals surface area contributed by atoms with Gasteiger partial charge >= 0.3 is 0 Å². The fourth-order valence-corrected chi connectivity index (χ4v) is 2.86. The third-order valence-electron chi connectivity index (χ3n) is 3.78. The lowest BCUT2D eigenvalue weighted by Gasteiger charge is -2.13. The normalized spacial score (nSPS) is 10.8. The molecular formula is C22H20Cl2N2O3. The Bertz CT molecular complexity index is 994. The molecule has 0 aliphatic rings. The summed E-state index contributed by atoms with van der Waals surface area (Å²) in [6.45, 7) is 7.95. The van der Waals surface area contributed by atoms with Crippen molar-refractivity contribution in [3.8, 4) is 17.6 Å². The molecule has 150 valence electrons. The third-order valence-corrected chi connectivity index (χ3v) is 4.47. The van der Waals surface area contributed by atoms with Crippen molar-refractivity contribution in [3.05, 3.63) is 69.7 Å². The van der Waals surface area contributed by atoms with Gasteiger partial charge in [-0.05, 0) is 55.3 Å². The summed E-state index contributed by atoms with van der Waals surface area (Å²) in [5, 5.41) is 12.9. The molecule has 0 heterocycles. The third kappa shape index (κ3) is 6.02. The van der Waals surface area contributed by atoms with Gasteiger partial charge in [0.2, 0.25) is 0 Å². The van der Waals surface area contributed by atoms with Crippen LogP contribution in [0.1, 0.15) is 18.1 Å². The standard InChI is InChI=1S/C22H20Cl2N2O3/c1-4-8-29-21-19(24)10-15(11-20(21)28-5-2)9-16(13-25)22(27)26-17-7-6-14(3)18(23)12-17/h4,6-7,9-12H,1,5,8H2,2-3H3,(H,26,27)/b16-9-. The molecular weight excluding hydrogens is 411 g/mol. The molecule has 1 N–H and O–H groups in total. The van der Waals surface area contributed by atoms with Crippen molar-refractivity contribution in [3.63, 3.8) is 0 Å². The quantitative estimate of drug-likeness (QED) is 0.325. The van der Waals surface area contributed by atoms with E-state index in [9.17, 15) is 10.1 Å². The first kappa shape index (κ1) is 22.4. The number of carbonyl (C=O) groups excluding carboxylic acids is 1. The predicted molar refractivity (Wildman–Crippen MR) is 117 cm³/mol. The number of hydrogen-bond acceptors (Lipinski definition) is 4. The zero-order valence-electron chi connectivity index (χ0n) is 16.1.